The van der Waals surface area contributed by atoms with Crippen LogP contribution >= 0.6 is 46.4 Å². The molecule has 2 fully saturated rings. The average molecular weight is 719 g/mol. The monoisotopic (exact) mass is 716 g/mol. The third-order valence-corrected chi connectivity index (χ3v) is 9.07. The lowest BCUT2D eigenvalue weighted by atomic mass is 9.91. The average Bonchev–Trinajstić information content (AvgIpc) is 2.94. The number of piperidine rings is 2. The molecular formula is C34H48Cl4N4O4. The number of rotatable bonds is 7. The minimum atomic E-state index is -0.459. The van der Waals surface area contributed by atoms with Gasteiger partial charge in [0.1, 0.15) is 12.2 Å². The van der Waals surface area contributed by atoms with E-state index in [1.165, 1.54) is 0 Å². The first-order valence-electron chi connectivity index (χ1n) is 15.9. The summed E-state index contributed by atoms with van der Waals surface area (Å²) in [6, 6.07) is 11.4. The quantitative estimate of drug-likeness (QED) is 0.297. The summed E-state index contributed by atoms with van der Waals surface area (Å²) in [5.41, 5.74) is 7.15. The Kier molecular flexibility index (Phi) is 15.1. The maximum atomic E-state index is 12.2. The van der Waals surface area contributed by atoms with Crippen molar-refractivity contribution < 1.29 is 19.1 Å². The fourth-order valence-corrected chi connectivity index (χ4v) is 7.04. The fourth-order valence-electron chi connectivity index (χ4n) is 5.89. The van der Waals surface area contributed by atoms with Gasteiger partial charge in [-0.25, -0.2) is 9.59 Å². The van der Waals surface area contributed by atoms with E-state index in [1.807, 2.05) is 39.8 Å². The highest BCUT2D eigenvalue weighted by Gasteiger charge is 2.29. The molecule has 2 amide bonds. The normalized spacial score (nSPS) is 22.0. The van der Waals surface area contributed by atoms with E-state index >= 15 is 0 Å². The topological polar surface area (TPSA) is 97.1 Å². The zero-order valence-corrected chi connectivity index (χ0v) is 30.5. The molecule has 8 nitrogen and oxygen atoms in total. The highest BCUT2D eigenvalue weighted by atomic mass is 35.5. The molecule has 4 atom stereocenters. The van der Waals surface area contributed by atoms with Crippen LogP contribution in [0, 0.1) is 11.8 Å². The Hall–Kier alpha value is -1.94. The molecule has 2 saturated heterocycles. The first-order valence-corrected chi connectivity index (χ1v) is 17.4. The molecule has 46 heavy (non-hydrogen) atoms. The Bertz CT molecular complexity index is 1270. The van der Waals surface area contributed by atoms with E-state index in [0.717, 1.165) is 49.9 Å². The number of hydrogen-bond donors (Lipinski definition) is 2. The van der Waals surface area contributed by atoms with Crippen LogP contribution in [0.2, 0.25) is 20.1 Å². The lowest BCUT2D eigenvalue weighted by Gasteiger charge is -2.38. The van der Waals surface area contributed by atoms with Crippen LogP contribution < -0.4 is 11.1 Å². The van der Waals surface area contributed by atoms with Crippen LogP contribution in [-0.2, 0) is 22.6 Å². The van der Waals surface area contributed by atoms with E-state index in [0.29, 0.717) is 57.6 Å². The van der Waals surface area contributed by atoms with E-state index in [9.17, 15) is 9.59 Å². The minimum Gasteiger partial charge on any atom is -0.445 e. The maximum Gasteiger partial charge on any atom is 0.410 e. The van der Waals surface area contributed by atoms with Crippen LogP contribution in [0.15, 0.2) is 36.4 Å². The van der Waals surface area contributed by atoms with Crippen molar-refractivity contribution in [2.75, 3.05) is 26.2 Å². The third kappa shape index (κ3) is 13.3. The molecule has 12 heteroatoms. The molecule has 256 valence electrons. The van der Waals surface area contributed by atoms with Crippen molar-refractivity contribution >= 4 is 58.6 Å². The summed E-state index contributed by atoms with van der Waals surface area (Å²) in [5, 5.41) is 5.31. The Balaban J connectivity index is 0.000000254. The Morgan fingerprint density at radius 2 is 1.39 bits per heavy atom. The van der Waals surface area contributed by atoms with E-state index < -0.39 is 5.60 Å². The number of carbonyl (C=O) groups excluding carboxylic acids is 2. The summed E-state index contributed by atoms with van der Waals surface area (Å²) >= 11 is 24.0. The van der Waals surface area contributed by atoms with Crippen molar-refractivity contribution in [3.05, 3.63) is 67.6 Å². The second-order valence-electron chi connectivity index (χ2n) is 13.4. The summed E-state index contributed by atoms with van der Waals surface area (Å²) in [6.45, 7) is 13.9. The van der Waals surface area contributed by atoms with Gasteiger partial charge >= 0.3 is 12.2 Å². The first-order chi connectivity index (χ1) is 21.6. The fraction of sp³-hybridized carbons (Fsp3) is 0.588. The highest BCUT2D eigenvalue weighted by Crippen LogP contribution is 2.27. The van der Waals surface area contributed by atoms with Gasteiger partial charge in [0.2, 0.25) is 0 Å². The lowest BCUT2D eigenvalue weighted by molar-refractivity contribution is 0.0496. The van der Waals surface area contributed by atoms with Crippen LogP contribution in [0.3, 0.4) is 0 Å². The van der Waals surface area contributed by atoms with Crippen LogP contribution in [0.4, 0.5) is 9.59 Å². The second kappa shape index (κ2) is 18.0. The number of ether oxygens (including phenoxy) is 2. The zero-order valence-electron chi connectivity index (χ0n) is 27.5. The highest BCUT2D eigenvalue weighted by molar-refractivity contribution is 6.35. The van der Waals surface area contributed by atoms with Crippen molar-refractivity contribution in [3.8, 4) is 0 Å². The largest absolute Gasteiger partial charge is 0.445 e. The number of nitrogens with one attached hydrogen (secondary N) is 1. The maximum absolute atomic E-state index is 12.2. The number of carbonyl (C=O) groups is 2. The molecule has 2 aromatic carbocycles. The predicted octanol–water partition coefficient (Wildman–Crippen LogP) is 8.81. The van der Waals surface area contributed by atoms with Crippen LogP contribution in [0.25, 0.3) is 0 Å². The molecule has 0 aliphatic carbocycles. The molecule has 3 N–H and O–H groups in total. The van der Waals surface area contributed by atoms with Crippen LogP contribution in [-0.4, -0.2) is 65.9 Å². The molecule has 0 spiro atoms. The zero-order chi connectivity index (χ0) is 34.0. The van der Waals surface area contributed by atoms with Gasteiger partial charge in [0.05, 0.1) is 0 Å². The van der Waals surface area contributed by atoms with E-state index in [-0.39, 0.29) is 24.8 Å². The standard InChI is InChI=1S/C19H28Cl2N2O2.C15H20Cl2N2O2/c1-13-7-14(11-22-18(24)25-19(2,3)4)5-6-23(13)12-15-8-16(20)10-17(21)9-15;1-10-4-11(8-18)2-3-19(10)15(20)21-9-12-5-13(16)7-14(17)6-12/h8-10,13-14H,5-7,11-12H2,1-4H3,(H,22,24);5-7,10-11H,2-4,8-9,18H2,1H3. The van der Waals surface area contributed by atoms with Gasteiger partial charge < -0.3 is 25.4 Å². The van der Waals surface area contributed by atoms with Crippen molar-refractivity contribution in [2.45, 2.75) is 91.1 Å². The van der Waals surface area contributed by atoms with Crippen molar-refractivity contribution in [3.63, 3.8) is 0 Å². The number of hydrogen-bond acceptors (Lipinski definition) is 6. The van der Waals surface area contributed by atoms with E-state index in [4.69, 9.17) is 61.6 Å². The summed E-state index contributed by atoms with van der Waals surface area (Å²) in [5.74, 6) is 0.970. The smallest absolute Gasteiger partial charge is 0.410 e. The van der Waals surface area contributed by atoms with Crippen molar-refractivity contribution in [1.82, 2.24) is 15.1 Å². The molecule has 2 aliphatic heterocycles. The van der Waals surface area contributed by atoms with Gasteiger partial charge in [0.15, 0.2) is 0 Å². The number of alkyl carbamates (subject to hydrolysis) is 1. The summed E-state index contributed by atoms with van der Waals surface area (Å²) < 4.78 is 10.6. The molecule has 4 rings (SSSR count). The van der Waals surface area contributed by atoms with Gasteiger partial charge in [-0.2, -0.15) is 0 Å². The summed E-state index contributed by atoms with van der Waals surface area (Å²) in [6.07, 6.45) is 3.32. The third-order valence-electron chi connectivity index (χ3n) is 8.20. The lowest BCUT2D eigenvalue weighted by Crippen LogP contribution is -2.46. The molecule has 2 aromatic rings. The van der Waals surface area contributed by atoms with Gasteiger partial charge in [0, 0.05) is 51.8 Å². The molecule has 0 saturated carbocycles. The predicted molar refractivity (Wildman–Crippen MR) is 188 cm³/mol. The van der Waals surface area contributed by atoms with E-state index in [2.05, 4.69) is 17.1 Å². The number of likely N-dealkylation sites (tertiary alicyclic amines) is 2. The van der Waals surface area contributed by atoms with Crippen LogP contribution in [0.1, 0.15) is 71.4 Å². The SMILES string of the molecule is CC1CC(CN)CCN1C(=O)OCc1cc(Cl)cc(Cl)c1.CC1CC(CNC(=O)OC(C)(C)C)CCN1Cc1cc(Cl)cc(Cl)c1. The van der Waals surface area contributed by atoms with Crippen molar-refractivity contribution in [1.29, 1.82) is 0 Å². The number of nitrogens with zero attached hydrogens (tertiary/aromatic N) is 2. The summed E-state index contributed by atoms with van der Waals surface area (Å²) in [7, 11) is 0. The number of nitrogens with two attached hydrogens (primary N) is 1. The first kappa shape index (κ1) is 38.5. The number of benzene rings is 2. The Labute approximate surface area is 294 Å². The molecule has 0 bridgehead atoms. The molecule has 0 radical (unpaired) electrons. The second-order valence-corrected chi connectivity index (χ2v) is 15.1. The number of halogens is 4. The van der Waals surface area contributed by atoms with Gasteiger partial charge in [-0.15, -0.1) is 0 Å². The van der Waals surface area contributed by atoms with Crippen molar-refractivity contribution in [2.24, 2.45) is 17.6 Å². The van der Waals surface area contributed by atoms with Gasteiger partial charge in [-0.05, 0) is 133 Å². The molecule has 2 aliphatic rings. The Morgan fingerprint density at radius 1 is 0.848 bits per heavy atom. The van der Waals surface area contributed by atoms with Gasteiger partial charge in [-0.3, -0.25) is 4.90 Å². The Morgan fingerprint density at radius 3 is 1.91 bits per heavy atom. The molecule has 2 heterocycles. The summed E-state index contributed by atoms with van der Waals surface area (Å²) in [4.78, 5) is 28.1. The molecule has 0 aromatic heterocycles. The molecular weight excluding hydrogens is 670 g/mol. The molecule has 4 unspecified atom stereocenters. The van der Waals surface area contributed by atoms with Gasteiger partial charge in [0.25, 0.3) is 0 Å². The minimum absolute atomic E-state index is 0.155. The number of amides is 2. The van der Waals surface area contributed by atoms with Gasteiger partial charge in [-0.1, -0.05) is 46.4 Å². The van der Waals surface area contributed by atoms with Crippen LogP contribution in [0.5, 0.6) is 0 Å². The van der Waals surface area contributed by atoms with E-state index in [1.54, 1.807) is 29.2 Å².